The lowest BCUT2D eigenvalue weighted by molar-refractivity contribution is 0.240. The number of benzene rings is 2. The molecule has 0 saturated carbocycles. The molecule has 2 aromatic rings. The number of methoxy groups -OCH3 is 1. The summed E-state index contributed by atoms with van der Waals surface area (Å²) in [5, 5.41) is 5.69. The summed E-state index contributed by atoms with van der Waals surface area (Å²) in [6.45, 7) is 5.45. The molecule has 0 heterocycles. The van der Waals surface area contributed by atoms with E-state index in [9.17, 15) is 4.79 Å². The number of carbonyl (C=O) groups is 1. The van der Waals surface area contributed by atoms with E-state index in [-0.39, 0.29) is 6.03 Å². The third kappa shape index (κ3) is 5.19. The zero-order valence-corrected chi connectivity index (χ0v) is 14.4. The molecule has 0 fully saturated rings. The van der Waals surface area contributed by atoms with Crippen molar-refractivity contribution >= 4 is 6.03 Å². The third-order valence-corrected chi connectivity index (χ3v) is 3.52. The number of hydrogen-bond acceptors (Lipinski definition) is 3. The van der Waals surface area contributed by atoms with Crippen LogP contribution in [0.25, 0.3) is 0 Å². The third-order valence-electron chi connectivity index (χ3n) is 3.52. The van der Waals surface area contributed by atoms with Crippen molar-refractivity contribution in [1.29, 1.82) is 0 Å². The first-order valence-corrected chi connectivity index (χ1v) is 7.99. The fourth-order valence-electron chi connectivity index (χ4n) is 2.35. The van der Waals surface area contributed by atoms with Gasteiger partial charge in [0.1, 0.15) is 0 Å². The molecule has 0 bridgehead atoms. The highest BCUT2D eigenvalue weighted by molar-refractivity contribution is 5.73. The largest absolute Gasteiger partial charge is 0.493 e. The average Bonchev–Trinajstić information content (AvgIpc) is 2.59. The van der Waals surface area contributed by atoms with Crippen molar-refractivity contribution < 1.29 is 14.3 Å². The summed E-state index contributed by atoms with van der Waals surface area (Å²) in [6.07, 6.45) is 0. The Morgan fingerprint density at radius 1 is 1.00 bits per heavy atom. The van der Waals surface area contributed by atoms with Crippen molar-refractivity contribution in [3.63, 3.8) is 0 Å². The van der Waals surface area contributed by atoms with Crippen LogP contribution < -0.4 is 20.1 Å². The van der Waals surface area contributed by atoms with E-state index in [1.807, 2.05) is 50.2 Å². The molecule has 2 N–H and O–H groups in total. The van der Waals surface area contributed by atoms with Crippen molar-refractivity contribution in [3.05, 3.63) is 59.2 Å². The second-order valence-corrected chi connectivity index (χ2v) is 5.44. The van der Waals surface area contributed by atoms with Crippen LogP contribution in [0.4, 0.5) is 4.79 Å². The summed E-state index contributed by atoms with van der Waals surface area (Å²) in [5.74, 6) is 1.36. The minimum Gasteiger partial charge on any atom is -0.493 e. The minimum atomic E-state index is -0.204. The topological polar surface area (TPSA) is 59.6 Å². The van der Waals surface area contributed by atoms with Gasteiger partial charge in [0, 0.05) is 13.1 Å². The van der Waals surface area contributed by atoms with Gasteiger partial charge in [-0.05, 0) is 37.1 Å². The van der Waals surface area contributed by atoms with E-state index in [0.29, 0.717) is 31.2 Å². The number of nitrogens with one attached hydrogen (secondary N) is 2. The highest BCUT2D eigenvalue weighted by Gasteiger charge is 2.06. The molecule has 128 valence electrons. The van der Waals surface area contributed by atoms with E-state index in [2.05, 4.69) is 16.7 Å². The molecule has 0 aliphatic carbocycles. The molecule has 2 aromatic carbocycles. The van der Waals surface area contributed by atoms with Gasteiger partial charge in [0.25, 0.3) is 0 Å². The van der Waals surface area contributed by atoms with Crippen LogP contribution in [-0.2, 0) is 13.1 Å². The maximum absolute atomic E-state index is 11.9. The first-order valence-electron chi connectivity index (χ1n) is 7.99. The van der Waals surface area contributed by atoms with Crippen LogP contribution >= 0.6 is 0 Å². The lowest BCUT2D eigenvalue weighted by Crippen LogP contribution is -2.34. The van der Waals surface area contributed by atoms with E-state index >= 15 is 0 Å². The molecule has 0 aliphatic rings. The maximum atomic E-state index is 11.9. The van der Waals surface area contributed by atoms with E-state index in [4.69, 9.17) is 9.47 Å². The number of ether oxygens (including phenoxy) is 2. The molecule has 0 atom stereocenters. The molecular formula is C19H24N2O3. The van der Waals surface area contributed by atoms with Gasteiger partial charge in [-0.15, -0.1) is 0 Å². The Balaban J connectivity index is 1.85. The van der Waals surface area contributed by atoms with Gasteiger partial charge >= 0.3 is 6.03 Å². The van der Waals surface area contributed by atoms with Crippen molar-refractivity contribution in [1.82, 2.24) is 10.6 Å². The van der Waals surface area contributed by atoms with Gasteiger partial charge in [0.2, 0.25) is 0 Å². The van der Waals surface area contributed by atoms with Crippen LogP contribution in [0.15, 0.2) is 42.5 Å². The Morgan fingerprint density at radius 3 is 2.33 bits per heavy atom. The van der Waals surface area contributed by atoms with Gasteiger partial charge in [-0.25, -0.2) is 4.79 Å². The summed E-state index contributed by atoms with van der Waals surface area (Å²) in [6, 6.07) is 13.5. The van der Waals surface area contributed by atoms with Crippen LogP contribution in [0, 0.1) is 6.92 Å². The highest BCUT2D eigenvalue weighted by Crippen LogP contribution is 2.27. The standard InChI is InChI=1S/C19H24N2O3/c1-4-24-17-9-8-16(11-18(17)23-3)13-21-19(22)20-12-15-7-5-6-14(2)10-15/h5-11H,4,12-13H2,1-3H3,(H2,20,21,22). The van der Waals surface area contributed by atoms with Gasteiger partial charge in [-0.1, -0.05) is 35.9 Å². The van der Waals surface area contributed by atoms with Crippen LogP contribution in [-0.4, -0.2) is 19.7 Å². The summed E-state index contributed by atoms with van der Waals surface area (Å²) < 4.78 is 10.8. The molecular weight excluding hydrogens is 304 g/mol. The van der Waals surface area contributed by atoms with Gasteiger partial charge in [-0.2, -0.15) is 0 Å². The SMILES string of the molecule is CCOc1ccc(CNC(=O)NCc2cccc(C)c2)cc1OC. The predicted octanol–water partition coefficient (Wildman–Crippen LogP) is 3.40. The predicted molar refractivity (Wildman–Crippen MR) is 94.4 cm³/mol. The molecule has 0 unspecified atom stereocenters. The van der Waals surface area contributed by atoms with Crippen LogP contribution in [0.5, 0.6) is 11.5 Å². The second kappa shape index (κ2) is 8.82. The zero-order chi connectivity index (χ0) is 17.4. The normalized spacial score (nSPS) is 10.1. The van der Waals surface area contributed by atoms with E-state index in [0.717, 1.165) is 11.1 Å². The number of amides is 2. The van der Waals surface area contributed by atoms with Gasteiger partial charge in [-0.3, -0.25) is 0 Å². The highest BCUT2D eigenvalue weighted by atomic mass is 16.5. The fraction of sp³-hybridized carbons (Fsp3) is 0.316. The lowest BCUT2D eigenvalue weighted by atomic mass is 10.1. The van der Waals surface area contributed by atoms with Crippen LogP contribution in [0.3, 0.4) is 0 Å². The molecule has 0 radical (unpaired) electrons. The number of urea groups is 1. The number of hydrogen-bond donors (Lipinski definition) is 2. The molecule has 0 spiro atoms. The Labute approximate surface area is 143 Å². The first kappa shape index (κ1) is 17.7. The Hall–Kier alpha value is -2.69. The van der Waals surface area contributed by atoms with E-state index in [1.54, 1.807) is 7.11 Å². The number of rotatable bonds is 7. The molecule has 2 amide bonds. The summed E-state index contributed by atoms with van der Waals surface area (Å²) in [5.41, 5.74) is 3.20. The number of carbonyl (C=O) groups excluding carboxylic acids is 1. The van der Waals surface area contributed by atoms with E-state index < -0.39 is 0 Å². The first-order chi connectivity index (χ1) is 11.6. The molecule has 0 aliphatic heterocycles. The summed E-state index contributed by atoms with van der Waals surface area (Å²) in [7, 11) is 1.60. The van der Waals surface area contributed by atoms with Gasteiger partial charge < -0.3 is 20.1 Å². The Bertz CT molecular complexity index is 686. The lowest BCUT2D eigenvalue weighted by Gasteiger charge is -2.12. The molecule has 2 rings (SSSR count). The van der Waals surface area contributed by atoms with Gasteiger partial charge in [0.15, 0.2) is 11.5 Å². The minimum absolute atomic E-state index is 0.204. The Morgan fingerprint density at radius 2 is 1.71 bits per heavy atom. The molecule has 5 nitrogen and oxygen atoms in total. The molecule has 24 heavy (non-hydrogen) atoms. The molecule has 0 saturated heterocycles. The van der Waals surface area contributed by atoms with Crippen LogP contribution in [0.1, 0.15) is 23.6 Å². The fourth-order valence-corrected chi connectivity index (χ4v) is 2.35. The monoisotopic (exact) mass is 328 g/mol. The summed E-state index contributed by atoms with van der Waals surface area (Å²) in [4.78, 5) is 11.9. The second-order valence-electron chi connectivity index (χ2n) is 5.44. The summed E-state index contributed by atoms with van der Waals surface area (Å²) >= 11 is 0. The maximum Gasteiger partial charge on any atom is 0.315 e. The Kier molecular flexibility index (Phi) is 6.49. The molecule has 0 aromatic heterocycles. The van der Waals surface area contributed by atoms with Crippen molar-refractivity contribution in [3.8, 4) is 11.5 Å². The molecule has 5 heteroatoms. The smallest absolute Gasteiger partial charge is 0.315 e. The average molecular weight is 328 g/mol. The zero-order valence-electron chi connectivity index (χ0n) is 14.4. The van der Waals surface area contributed by atoms with Crippen molar-refractivity contribution in [2.24, 2.45) is 0 Å². The van der Waals surface area contributed by atoms with Crippen LogP contribution in [0.2, 0.25) is 0 Å². The quantitative estimate of drug-likeness (QED) is 0.819. The van der Waals surface area contributed by atoms with E-state index in [1.165, 1.54) is 5.56 Å². The van der Waals surface area contributed by atoms with Crippen molar-refractivity contribution in [2.45, 2.75) is 26.9 Å². The number of aryl methyl sites for hydroxylation is 1. The van der Waals surface area contributed by atoms with Crippen molar-refractivity contribution in [2.75, 3.05) is 13.7 Å². The van der Waals surface area contributed by atoms with Gasteiger partial charge in [0.05, 0.1) is 13.7 Å².